The summed E-state index contributed by atoms with van der Waals surface area (Å²) >= 11 is 7.44. The molecule has 1 aliphatic rings. The first-order valence-corrected chi connectivity index (χ1v) is 7.98. The van der Waals surface area contributed by atoms with Gasteiger partial charge in [0.05, 0.1) is 6.54 Å². The summed E-state index contributed by atoms with van der Waals surface area (Å²) < 4.78 is 6.22. The summed E-state index contributed by atoms with van der Waals surface area (Å²) in [5, 5.41) is 4.20. The summed E-state index contributed by atoms with van der Waals surface area (Å²) in [6.45, 7) is 1.91. The fraction of sp³-hybridized carbons (Fsp3) is 0.600. The van der Waals surface area contributed by atoms with E-state index >= 15 is 0 Å². The average Bonchev–Trinajstić information content (AvgIpc) is 2.66. The minimum absolute atomic E-state index is 0.766. The molecule has 2 nitrogen and oxygen atoms in total. The number of furan rings is 1. The molecule has 1 aliphatic heterocycles. The number of hydrogen-bond donors (Lipinski definition) is 1. The van der Waals surface area contributed by atoms with E-state index in [0.717, 1.165) is 28.8 Å². The average molecular weight is 308 g/mol. The summed E-state index contributed by atoms with van der Waals surface area (Å²) in [4.78, 5) is 0. The third-order valence-corrected chi connectivity index (χ3v) is 5.46. The molecule has 1 fully saturated rings. The number of halogens is 1. The lowest BCUT2D eigenvalue weighted by Crippen LogP contribution is -2.28. The molecule has 1 N–H and O–H groups in total. The predicted octanol–water partition coefficient (Wildman–Crippen LogP) is 2.98. The van der Waals surface area contributed by atoms with Crippen LogP contribution >= 0.6 is 39.5 Å². The van der Waals surface area contributed by atoms with Gasteiger partial charge in [0.25, 0.3) is 0 Å². The van der Waals surface area contributed by atoms with Gasteiger partial charge in [0, 0.05) is 29.1 Å². The van der Waals surface area contributed by atoms with Gasteiger partial charge in [-0.2, -0.15) is 23.5 Å². The van der Waals surface area contributed by atoms with Crippen molar-refractivity contribution in [3.05, 3.63) is 22.6 Å². The van der Waals surface area contributed by atoms with Gasteiger partial charge in [-0.25, -0.2) is 0 Å². The first kappa shape index (κ1) is 11.9. The highest BCUT2D eigenvalue weighted by Gasteiger charge is 2.13. The normalized spacial score (nSPS) is 21.8. The Morgan fingerprint density at radius 1 is 1.47 bits per heavy atom. The van der Waals surface area contributed by atoms with Crippen LogP contribution in [0.15, 0.2) is 21.2 Å². The lowest BCUT2D eigenvalue weighted by atomic mass is 10.4. The first-order chi connectivity index (χ1) is 7.34. The molecule has 1 aromatic heterocycles. The summed E-state index contributed by atoms with van der Waals surface area (Å²) in [5.41, 5.74) is 0. The van der Waals surface area contributed by atoms with Crippen molar-refractivity contribution in [3.63, 3.8) is 0 Å². The van der Waals surface area contributed by atoms with E-state index in [1.165, 1.54) is 17.3 Å². The third kappa shape index (κ3) is 4.06. The molecule has 0 spiro atoms. The summed E-state index contributed by atoms with van der Waals surface area (Å²) in [6.07, 6.45) is 0. The minimum atomic E-state index is 0.766. The topological polar surface area (TPSA) is 25.2 Å². The van der Waals surface area contributed by atoms with Crippen LogP contribution in [0.1, 0.15) is 5.76 Å². The van der Waals surface area contributed by atoms with Crippen LogP contribution in [-0.4, -0.2) is 29.1 Å². The SMILES string of the molecule is Brc1ccc(CNCC2CSCCS2)o1. The molecule has 2 heterocycles. The zero-order valence-corrected chi connectivity index (χ0v) is 11.6. The van der Waals surface area contributed by atoms with Gasteiger partial charge in [-0.1, -0.05) is 0 Å². The lowest BCUT2D eigenvalue weighted by Gasteiger charge is -2.20. The zero-order chi connectivity index (χ0) is 10.5. The molecule has 0 aromatic carbocycles. The molecule has 0 amide bonds. The third-order valence-electron chi connectivity index (χ3n) is 2.19. The number of thioether (sulfide) groups is 2. The molecule has 0 aliphatic carbocycles. The lowest BCUT2D eigenvalue weighted by molar-refractivity contribution is 0.466. The highest BCUT2D eigenvalue weighted by Crippen LogP contribution is 2.23. The minimum Gasteiger partial charge on any atom is -0.453 e. The second kappa shape index (κ2) is 6.23. The Morgan fingerprint density at radius 3 is 3.07 bits per heavy atom. The molecule has 0 saturated carbocycles. The van der Waals surface area contributed by atoms with E-state index in [2.05, 4.69) is 44.8 Å². The Bertz CT molecular complexity index is 299. The van der Waals surface area contributed by atoms with E-state index in [-0.39, 0.29) is 0 Å². The zero-order valence-electron chi connectivity index (χ0n) is 8.37. The molecule has 1 saturated heterocycles. The molecule has 0 radical (unpaired) electrons. The highest BCUT2D eigenvalue weighted by atomic mass is 79.9. The maximum atomic E-state index is 5.42. The Morgan fingerprint density at radius 2 is 2.40 bits per heavy atom. The predicted molar refractivity (Wildman–Crippen MR) is 71.7 cm³/mol. The fourth-order valence-corrected chi connectivity index (χ4v) is 4.44. The van der Waals surface area contributed by atoms with Gasteiger partial charge in [0.1, 0.15) is 5.76 Å². The molecule has 84 valence electrons. The van der Waals surface area contributed by atoms with Crippen molar-refractivity contribution in [1.29, 1.82) is 0 Å². The number of hydrogen-bond acceptors (Lipinski definition) is 4. The van der Waals surface area contributed by atoms with Gasteiger partial charge < -0.3 is 9.73 Å². The van der Waals surface area contributed by atoms with Crippen molar-refractivity contribution in [2.75, 3.05) is 23.8 Å². The van der Waals surface area contributed by atoms with Gasteiger partial charge in [-0.05, 0) is 28.1 Å². The molecule has 15 heavy (non-hydrogen) atoms. The number of rotatable bonds is 4. The maximum absolute atomic E-state index is 5.42. The van der Waals surface area contributed by atoms with E-state index in [0.29, 0.717) is 0 Å². The van der Waals surface area contributed by atoms with E-state index in [4.69, 9.17) is 4.42 Å². The van der Waals surface area contributed by atoms with Crippen molar-refractivity contribution in [2.45, 2.75) is 11.8 Å². The van der Waals surface area contributed by atoms with E-state index in [9.17, 15) is 0 Å². The van der Waals surface area contributed by atoms with Crippen molar-refractivity contribution in [2.24, 2.45) is 0 Å². The van der Waals surface area contributed by atoms with Gasteiger partial charge in [-0.15, -0.1) is 0 Å². The second-order valence-electron chi connectivity index (χ2n) is 3.40. The summed E-state index contributed by atoms with van der Waals surface area (Å²) in [7, 11) is 0. The first-order valence-electron chi connectivity index (χ1n) is 4.99. The monoisotopic (exact) mass is 307 g/mol. The van der Waals surface area contributed by atoms with Crippen molar-refractivity contribution >= 4 is 39.5 Å². The van der Waals surface area contributed by atoms with Crippen molar-refractivity contribution < 1.29 is 4.42 Å². The van der Waals surface area contributed by atoms with Crippen LogP contribution in [0, 0.1) is 0 Å². The second-order valence-corrected chi connectivity index (χ2v) is 6.74. The van der Waals surface area contributed by atoms with E-state index in [1.54, 1.807) is 0 Å². The van der Waals surface area contributed by atoms with E-state index < -0.39 is 0 Å². The Labute approximate surface area is 107 Å². The maximum Gasteiger partial charge on any atom is 0.169 e. The molecule has 1 unspecified atom stereocenters. The smallest absolute Gasteiger partial charge is 0.169 e. The largest absolute Gasteiger partial charge is 0.453 e. The number of nitrogens with one attached hydrogen (secondary N) is 1. The van der Waals surface area contributed by atoms with Gasteiger partial charge in [0.2, 0.25) is 0 Å². The Balaban J connectivity index is 1.65. The van der Waals surface area contributed by atoms with Crippen LogP contribution in [-0.2, 0) is 6.54 Å². The molecule has 2 rings (SSSR count). The summed E-state index contributed by atoms with van der Waals surface area (Å²) in [5.74, 6) is 4.88. The van der Waals surface area contributed by atoms with Crippen LogP contribution in [0.5, 0.6) is 0 Å². The molecule has 1 atom stereocenters. The summed E-state index contributed by atoms with van der Waals surface area (Å²) in [6, 6.07) is 3.93. The molecular formula is C10H14BrNOS2. The van der Waals surface area contributed by atoms with Gasteiger partial charge >= 0.3 is 0 Å². The molecule has 5 heteroatoms. The fourth-order valence-electron chi connectivity index (χ4n) is 1.46. The highest BCUT2D eigenvalue weighted by molar-refractivity contribution is 9.10. The van der Waals surface area contributed by atoms with Crippen molar-refractivity contribution in [1.82, 2.24) is 5.32 Å². The molecule has 1 aromatic rings. The quantitative estimate of drug-likeness (QED) is 0.924. The van der Waals surface area contributed by atoms with Gasteiger partial charge in [-0.3, -0.25) is 0 Å². The van der Waals surface area contributed by atoms with Crippen LogP contribution in [0.25, 0.3) is 0 Å². The molecular weight excluding hydrogens is 294 g/mol. The Kier molecular flexibility index (Phi) is 4.94. The van der Waals surface area contributed by atoms with Gasteiger partial charge in [0.15, 0.2) is 4.67 Å². The Hall–Kier alpha value is 0.420. The van der Waals surface area contributed by atoms with Crippen LogP contribution < -0.4 is 5.32 Å². The van der Waals surface area contributed by atoms with Crippen molar-refractivity contribution in [3.8, 4) is 0 Å². The van der Waals surface area contributed by atoms with Crippen LogP contribution in [0.4, 0.5) is 0 Å². The standard InChI is InChI=1S/C10H14BrNOS2/c11-10-2-1-8(13-10)5-12-6-9-7-14-3-4-15-9/h1-2,9,12H,3-7H2. The molecule has 0 bridgehead atoms. The van der Waals surface area contributed by atoms with Crippen LogP contribution in [0.2, 0.25) is 0 Å². The van der Waals surface area contributed by atoms with Crippen LogP contribution in [0.3, 0.4) is 0 Å². The van der Waals surface area contributed by atoms with E-state index in [1.807, 2.05) is 12.1 Å².